The monoisotopic (exact) mass is 459 g/mol. The zero-order chi connectivity index (χ0) is 23.4. The molecule has 1 saturated heterocycles. The first kappa shape index (κ1) is 24.4. The molecule has 0 spiro atoms. The van der Waals surface area contributed by atoms with Gasteiger partial charge in [0.25, 0.3) is 0 Å². The van der Waals surface area contributed by atoms with Gasteiger partial charge in [-0.2, -0.15) is 0 Å². The maximum atomic E-state index is 12.3. The van der Waals surface area contributed by atoms with Crippen molar-refractivity contribution in [1.29, 1.82) is 0 Å². The van der Waals surface area contributed by atoms with Gasteiger partial charge in [0, 0.05) is 36.7 Å². The molecular formula is C25H37N3O3S. The number of sulfonamides is 1. The Balaban J connectivity index is 1.56. The molecule has 32 heavy (non-hydrogen) atoms. The summed E-state index contributed by atoms with van der Waals surface area (Å²) in [6.45, 7) is 12.7. The van der Waals surface area contributed by atoms with Crippen molar-refractivity contribution in [2.24, 2.45) is 0 Å². The number of rotatable bonds is 8. The van der Waals surface area contributed by atoms with Crippen LogP contribution in [0.1, 0.15) is 53.0 Å². The zero-order valence-corrected chi connectivity index (χ0v) is 20.8. The first-order valence-corrected chi connectivity index (χ1v) is 12.9. The van der Waals surface area contributed by atoms with E-state index in [0.29, 0.717) is 12.2 Å². The second kappa shape index (κ2) is 9.71. The molecule has 0 amide bonds. The van der Waals surface area contributed by atoms with Crippen LogP contribution in [0.2, 0.25) is 0 Å². The number of benzene rings is 2. The van der Waals surface area contributed by atoms with E-state index >= 15 is 0 Å². The Hall–Kier alpha value is -2.25. The second-order valence-corrected chi connectivity index (χ2v) is 11.9. The minimum atomic E-state index is -3.42. The SMILES string of the molecule is CCC1(CC)CN(c2ccc(NCc3ccc(NS(=O)(=O)C(C)(C)C)cc3)cc2)CCO1. The van der Waals surface area contributed by atoms with Gasteiger partial charge in [0.05, 0.1) is 17.0 Å². The van der Waals surface area contributed by atoms with Crippen LogP contribution in [0.5, 0.6) is 0 Å². The van der Waals surface area contributed by atoms with Crippen LogP contribution in [0.15, 0.2) is 48.5 Å². The lowest BCUT2D eigenvalue weighted by atomic mass is 9.94. The molecule has 176 valence electrons. The van der Waals surface area contributed by atoms with Crippen LogP contribution in [0.3, 0.4) is 0 Å². The van der Waals surface area contributed by atoms with Crippen molar-refractivity contribution in [2.75, 3.05) is 34.6 Å². The van der Waals surface area contributed by atoms with Gasteiger partial charge in [-0.3, -0.25) is 4.72 Å². The first-order chi connectivity index (χ1) is 15.1. The Bertz CT molecular complexity index is 977. The Morgan fingerprint density at radius 1 is 0.969 bits per heavy atom. The molecule has 1 heterocycles. The van der Waals surface area contributed by atoms with Crippen molar-refractivity contribution in [3.63, 3.8) is 0 Å². The minimum absolute atomic E-state index is 0.0393. The molecule has 1 aliphatic rings. The molecule has 0 aliphatic carbocycles. The van der Waals surface area contributed by atoms with Crippen LogP contribution in [-0.2, 0) is 21.3 Å². The third kappa shape index (κ3) is 5.75. The molecule has 7 heteroatoms. The third-order valence-corrected chi connectivity index (χ3v) is 8.40. The molecule has 2 aromatic rings. The maximum Gasteiger partial charge on any atom is 0.237 e. The molecule has 0 aromatic heterocycles. The molecule has 0 radical (unpaired) electrons. The molecule has 1 fully saturated rings. The molecule has 0 atom stereocenters. The molecule has 2 N–H and O–H groups in total. The van der Waals surface area contributed by atoms with Crippen molar-refractivity contribution < 1.29 is 13.2 Å². The summed E-state index contributed by atoms with van der Waals surface area (Å²) in [5.74, 6) is 0. The second-order valence-electron chi connectivity index (χ2n) is 9.48. The summed E-state index contributed by atoms with van der Waals surface area (Å²) in [6.07, 6.45) is 2.05. The minimum Gasteiger partial charge on any atom is -0.381 e. The predicted octanol–water partition coefficient (Wildman–Crippen LogP) is 5.23. The Morgan fingerprint density at radius 3 is 2.12 bits per heavy atom. The van der Waals surface area contributed by atoms with Crippen LogP contribution in [0, 0.1) is 0 Å². The number of ether oxygens (including phenoxy) is 1. The molecule has 1 aliphatic heterocycles. The number of morpholine rings is 1. The quantitative estimate of drug-likeness (QED) is 0.565. The highest BCUT2D eigenvalue weighted by atomic mass is 32.2. The number of hydrogen-bond donors (Lipinski definition) is 2. The fraction of sp³-hybridized carbons (Fsp3) is 0.520. The van der Waals surface area contributed by atoms with Gasteiger partial charge < -0.3 is 15.0 Å². The van der Waals surface area contributed by atoms with Crippen molar-refractivity contribution in [1.82, 2.24) is 0 Å². The van der Waals surface area contributed by atoms with E-state index in [9.17, 15) is 8.42 Å². The van der Waals surface area contributed by atoms with E-state index in [2.05, 4.69) is 53.1 Å². The highest BCUT2D eigenvalue weighted by Gasteiger charge is 2.33. The Kier molecular flexibility index (Phi) is 7.40. The van der Waals surface area contributed by atoms with Crippen LogP contribution < -0.4 is 14.9 Å². The summed E-state index contributed by atoms with van der Waals surface area (Å²) in [5, 5.41) is 3.44. The lowest BCUT2D eigenvalue weighted by Crippen LogP contribution is -2.51. The largest absolute Gasteiger partial charge is 0.381 e. The average Bonchev–Trinajstić information content (AvgIpc) is 2.78. The lowest BCUT2D eigenvalue weighted by molar-refractivity contribution is -0.0604. The van der Waals surface area contributed by atoms with E-state index in [1.807, 2.05) is 12.1 Å². The Morgan fingerprint density at radius 2 is 1.56 bits per heavy atom. The summed E-state index contributed by atoms with van der Waals surface area (Å²) in [4.78, 5) is 2.41. The van der Waals surface area contributed by atoms with Crippen molar-refractivity contribution in [2.45, 2.75) is 64.4 Å². The van der Waals surface area contributed by atoms with Gasteiger partial charge in [0.15, 0.2) is 0 Å². The summed E-state index contributed by atoms with van der Waals surface area (Å²) in [6, 6.07) is 16.0. The summed E-state index contributed by atoms with van der Waals surface area (Å²) < 4.78 is 32.5. The average molecular weight is 460 g/mol. The third-order valence-electron chi connectivity index (χ3n) is 6.28. The standard InChI is InChI=1S/C25H37N3O3S/c1-6-25(7-2)19-28(16-17-31-25)23-14-12-21(13-15-23)26-18-20-8-10-22(11-9-20)27-32(29,30)24(3,4)5/h8-15,26-27H,6-7,16-19H2,1-5H3. The van der Waals surface area contributed by atoms with Crippen molar-refractivity contribution >= 4 is 27.1 Å². The van der Waals surface area contributed by atoms with Gasteiger partial charge in [-0.05, 0) is 75.6 Å². The van der Waals surface area contributed by atoms with E-state index in [-0.39, 0.29) is 5.60 Å². The number of hydrogen-bond acceptors (Lipinski definition) is 5. The van der Waals surface area contributed by atoms with E-state index in [0.717, 1.165) is 43.8 Å². The summed E-state index contributed by atoms with van der Waals surface area (Å²) >= 11 is 0. The topological polar surface area (TPSA) is 70.7 Å². The van der Waals surface area contributed by atoms with Gasteiger partial charge in [0.2, 0.25) is 10.0 Å². The summed E-state index contributed by atoms with van der Waals surface area (Å²) in [7, 11) is -3.42. The van der Waals surface area contributed by atoms with Crippen molar-refractivity contribution in [3.05, 3.63) is 54.1 Å². The van der Waals surface area contributed by atoms with Crippen LogP contribution in [0.25, 0.3) is 0 Å². The zero-order valence-electron chi connectivity index (χ0n) is 19.9. The number of anilines is 3. The van der Waals surface area contributed by atoms with Crippen molar-refractivity contribution in [3.8, 4) is 0 Å². The van der Waals surface area contributed by atoms with Crippen LogP contribution in [0.4, 0.5) is 17.1 Å². The van der Waals surface area contributed by atoms with E-state index in [1.54, 1.807) is 32.9 Å². The smallest absolute Gasteiger partial charge is 0.237 e. The van der Waals surface area contributed by atoms with Gasteiger partial charge in [-0.25, -0.2) is 8.42 Å². The molecule has 0 bridgehead atoms. The molecule has 3 rings (SSSR count). The Labute approximate surface area is 193 Å². The molecule has 2 aromatic carbocycles. The first-order valence-electron chi connectivity index (χ1n) is 11.4. The van der Waals surface area contributed by atoms with Gasteiger partial charge in [0.1, 0.15) is 0 Å². The maximum absolute atomic E-state index is 12.3. The van der Waals surface area contributed by atoms with Crippen LogP contribution in [-0.4, -0.2) is 38.5 Å². The predicted molar refractivity (Wildman–Crippen MR) is 134 cm³/mol. The van der Waals surface area contributed by atoms with Crippen LogP contribution >= 0.6 is 0 Å². The number of nitrogens with one attached hydrogen (secondary N) is 2. The fourth-order valence-electron chi connectivity index (χ4n) is 3.74. The van der Waals surface area contributed by atoms with Gasteiger partial charge in [-0.15, -0.1) is 0 Å². The number of nitrogens with zero attached hydrogens (tertiary/aromatic N) is 1. The van der Waals surface area contributed by atoms with E-state index < -0.39 is 14.8 Å². The highest BCUT2D eigenvalue weighted by molar-refractivity contribution is 7.94. The molecular weight excluding hydrogens is 422 g/mol. The van der Waals surface area contributed by atoms with E-state index in [1.165, 1.54) is 5.69 Å². The molecule has 0 saturated carbocycles. The normalized spacial score (nSPS) is 16.6. The van der Waals surface area contributed by atoms with Gasteiger partial charge in [-0.1, -0.05) is 26.0 Å². The highest BCUT2D eigenvalue weighted by Crippen LogP contribution is 2.29. The molecule has 6 nitrogen and oxygen atoms in total. The fourth-order valence-corrected chi connectivity index (χ4v) is 4.49. The molecule has 0 unspecified atom stereocenters. The lowest BCUT2D eigenvalue weighted by Gasteiger charge is -2.43. The van der Waals surface area contributed by atoms with Gasteiger partial charge >= 0.3 is 0 Å². The van der Waals surface area contributed by atoms with E-state index in [4.69, 9.17) is 4.74 Å². The summed E-state index contributed by atoms with van der Waals surface area (Å²) in [5.41, 5.74) is 3.89.